The average Bonchev–Trinajstić information content (AvgIpc) is 1.88. The molecule has 0 rings (SSSR count). The van der Waals surface area contributed by atoms with Crippen LogP contribution in [0.25, 0.3) is 0 Å². The molecule has 0 unspecified atom stereocenters. The van der Waals surface area contributed by atoms with E-state index in [0.29, 0.717) is 6.54 Å². The Bertz CT molecular complexity index is 163. The summed E-state index contributed by atoms with van der Waals surface area (Å²) in [5, 5.41) is 11.8. The van der Waals surface area contributed by atoms with Gasteiger partial charge in [-0.05, 0) is 6.92 Å². The second-order valence-corrected chi connectivity index (χ2v) is 1.65. The molecule has 0 aromatic rings. The summed E-state index contributed by atoms with van der Waals surface area (Å²) < 4.78 is 0. The van der Waals surface area contributed by atoms with Crippen molar-refractivity contribution in [2.75, 3.05) is 6.54 Å². The molecular weight excluding hydrogens is 132 g/mol. The van der Waals surface area contributed by atoms with Crippen molar-refractivity contribution >= 4 is 11.7 Å². The lowest BCUT2D eigenvalue weighted by Crippen LogP contribution is -2.14. The van der Waals surface area contributed by atoms with Gasteiger partial charge in [0.1, 0.15) is 5.71 Å². The SMILES string of the molecule is C=CCN/N=C(\C)C(=O)O. The van der Waals surface area contributed by atoms with E-state index >= 15 is 0 Å². The summed E-state index contributed by atoms with van der Waals surface area (Å²) in [5.41, 5.74) is 2.55. The molecule has 0 aliphatic rings. The fourth-order valence-corrected chi connectivity index (χ4v) is 0.277. The Morgan fingerprint density at radius 2 is 2.50 bits per heavy atom. The van der Waals surface area contributed by atoms with Gasteiger partial charge in [-0.3, -0.25) is 0 Å². The second-order valence-electron chi connectivity index (χ2n) is 1.65. The molecule has 0 bridgehead atoms. The standard InChI is InChI=1S/C6H10N2O2/c1-3-4-7-8-5(2)6(9)10/h3,7H,1,4H2,2H3,(H,9,10)/b8-5+. The van der Waals surface area contributed by atoms with E-state index in [0.717, 1.165) is 0 Å². The molecule has 4 heteroatoms. The van der Waals surface area contributed by atoms with Crippen molar-refractivity contribution in [1.82, 2.24) is 5.43 Å². The van der Waals surface area contributed by atoms with Gasteiger partial charge in [0.25, 0.3) is 0 Å². The van der Waals surface area contributed by atoms with Crippen LogP contribution in [0.4, 0.5) is 0 Å². The fraction of sp³-hybridized carbons (Fsp3) is 0.333. The number of nitrogens with one attached hydrogen (secondary N) is 1. The molecule has 0 aromatic heterocycles. The third kappa shape index (κ3) is 3.65. The molecule has 0 atom stereocenters. The Kier molecular flexibility index (Phi) is 3.95. The molecule has 10 heavy (non-hydrogen) atoms. The minimum Gasteiger partial charge on any atom is -0.477 e. The molecule has 4 nitrogen and oxygen atoms in total. The second kappa shape index (κ2) is 4.55. The predicted molar refractivity (Wildman–Crippen MR) is 38.9 cm³/mol. The third-order valence-corrected chi connectivity index (χ3v) is 0.792. The van der Waals surface area contributed by atoms with Gasteiger partial charge in [-0.25, -0.2) is 4.79 Å². The van der Waals surface area contributed by atoms with E-state index in [9.17, 15) is 4.79 Å². The number of hydrogen-bond donors (Lipinski definition) is 2. The van der Waals surface area contributed by atoms with Gasteiger partial charge >= 0.3 is 5.97 Å². The van der Waals surface area contributed by atoms with Crippen LogP contribution in [0.15, 0.2) is 17.8 Å². The van der Waals surface area contributed by atoms with Gasteiger partial charge in [-0.1, -0.05) is 6.08 Å². The number of hydrogen-bond acceptors (Lipinski definition) is 3. The summed E-state index contributed by atoms with van der Waals surface area (Å²) in [7, 11) is 0. The lowest BCUT2D eigenvalue weighted by atomic mass is 10.4. The van der Waals surface area contributed by atoms with Crippen molar-refractivity contribution in [3.05, 3.63) is 12.7 Å². The van der Waals surface area contributed by atoms with E-state index in [-0.39, 0.29) is 5.71 Å². The van der Waals surface area contributed by atoms with Gasteiger partial charge in [0.05, 0.1) is 6.54 Å². The van der Waals surface area contributed by atoms with Crippen LogP contribution in [-0.2, 0) is 4.79 Å². The van der Waals surface area contributed by atoms with Gasteiger partial charge in [-0.15, -0.1) is 6.58 Å². The van der Waals surface area contributed by atoms with Gasteiger partial charge in [0.2, 0.25) is 0 Å². The molecule has 0 saturated carbocycles. The van der Waals surface area contributed by atoms with Crippen molar-refractivity contribution in [3.8, 4) is 0 Å². The van der Waals surface area contributed by atoms with Crippen molar-refractivity contribution in [2.45, 2.75) is 6.92 Å². The molecule has 0 radical (unpaired) electrons. The molecule has 0 aliphatic carbocycles. The molecule has 56 valence electrons. The summed E-state index contributed by atoms with van der Waals surface area (Å²) >= 11 is 0. The van der Waals surface area contributed by atoms with Crippen molar-refractivity contribution in [2.24, 2.45) is 5.10 Å². The van der Waals surface area contributed by atoms with E-state index in [4.69, 9.17) is 5.11 Å². The largest absolute Gasteiger partial charge is 0.477 e. The Morgan fingerprint density at radius 1 is 1.90 bits per heavy atom. The zero-order valence-electron chi connectivity index (χ0n) is 5.79. The predicted octanol–water partition coefficient (Wildman–Crippen LogP) is 0.223. The van der Waals surface area contributed by atoms with E-state index in [1.165, 1.54) is 6.92 Å². The smallest absolute Gasteiger partial charge is 0.351 e. The molecule has 0 spiro atoms. The van der Waals surface area contributed by atoms with Crippen molar-refractivity contribution < 1.29 is 9.90 Å². The monoisotopic (exact) mass is 142 g/mol. The maximum absolute atomic E-state index is 10.1. The molecule has 0 fully saturated rings. The number of carboxylic acids is 1. The molecule has 0 heterocycles. The minimum absolute atomic E-state index is 0.0434. The van der Waals surface area contributed by atoms with Crippen LogP contribution in [0.3, 0.4) is 0 Å². The van der Waals surface area contributed by atoms with Gasteiger partial charge < -0.3 is 10.5 Å². The van der Waals surface area contributed by atoms with E-state index in [1.54, 1.807) is 6.08 Å². The highest BCUT2D eigenvalue weighted by atomic mass is 16.4. The summed E-state index contributed by atoms with van der Waals surface area (Å²) in [6.45, 7) is 5.32. The van der Waals surface area contributed by atoms with Crippen molar-refractivity contribution in [1.29, 1.82) is 0 Å². The quantitative estimate of drug-likeness (QED) is 0.255. The van der Waals surface area contributed by atoms with Crippen LogP contribution in [0.5, 0.6) is 0 Å². The molecule has 0 aliphatic heterocycles. The first-order valence-corrected chi connectivity index (χ1v) is 2.79. The fourth-order valence-electron chi connectivity index (χ4n) is 0.277. The number of hydrazone groups is 1. The lowest BCUT2D eigenvalue weighted by Gasteiger charge is -1.93. The first-order chi connectivity index (χ1) is 4.68. The summed E-state index contributed by atoms with van der Waals surface area (Å²) in [5.74, 6) is -1.02. The number of aliphatic carboxylic acids is 1. The first kappa shape index (κ1) is 8.68. The van der Waals surface area contributed by atoms with Crippen LogP contribution in [0, 0.1) is 0 Å². The van der Waals surface area contributed by atoms with Crippen LogP contribution in [-0.4, -0.2) is 23.3 Å². The normalized spacial score (nSPS) is 10.7. The number of carboxylic acid groups (broad SMARTS) is 1. The molecule has 2 N–H and O–H groups in total. The molecule has 0 aromatic carbocycles. The highest BCUT2D eigenvalue weighted by Crippen LogP contribution is 1.73. The summed E-state index contributed by atoms with van der Waals surface area (Å²) in [4.78, 5) is 10.1. The zero-order valence-corrected chi connectivity index (χ0v) is 5.79. The molecule has 0 amide bonds. The van der Waals surface area contributed by atoms with Crippen LogP contribution < -0.4 is 5.43 Å². The Morgan fingerprint density at radius 3 is 2.90 bits per heavy atom. The number of carbonyl (C=O) groups is 1. The van der Waals surface area contributed by atoms with Crippen LogP contribution >= 0.6 is 0 Å². The molecule has 0 saturated heterocycles. The topological polar surface area (TPSA) is 61.7 Å². The van der Waals surface area contributed by atoms with Crippen LogP contribution in [0.1, 0.15) is 6.92 Å². The summed E-state index contributed by atoms with van der Waals surface area (Å²) in [6, 6.07) is 0. The minimum atomic E-state index is -1.02. The van der Waals surface area contributed by atoms with Crippen molar-refractivity contribution in [3.63, 3.8) is 0 Å². The van der Waals surface area contributed by atoms with E-state index < -0.39 is 5.97 Å². The first-order valence-electron chi connectivity index (χ1n) is 2.79. The maximum Gasteiger partial charge on any atom is 0.351 e. The summed E-state index contributed by atoms with van der Waals surface area (Å²) in [6.07, 6.45) is 1.60. The van der Waals surface area contributed by atoms with E-state index in [1.807, 2.05) is 0 Å². The highest BCUT2D eigenvalue weighted by molar-refractivity contribution is 6.34. The lowest BCUT2D eigenvalue weighted by molar-refractivity contribution is -0.129. The maximum atomic E-state index is 10.1. The zero-order chi connectivity index (χ0) is 7.98. The van der Waals surface area contributed by atoms with Gasteiger partial charge in [0, 0.05) is 0 Å². The van der Waals surface area contributed by atoms with Crippen LogP contribution in [0.2, 0.25) is 0 Å². The third-order valence-electron chi connectivity index (χ3n) is 0.792. The van der Waals surface area contributed by atoms with Gasteiger partial charge in [0.15, 0.2) is 0 Å². The number of nitrogens with zero attached hydrogens (tertiary/aromatic N) is 1. The number of rotatable bonds is 4. The Labute approximate surface area is 59.2 Å². The Balaban J connectivity index is 3.68. The van der Waals surface area contributed by atoms with E-state index in [2.05, 4.69) is 17.1 Å². The highest BCUT2D eigenvalue weighted by Gasteiger charge is 1.98. The molecular formula is C6H10N2O2. The Hall–Kier alpha value is -1.32. The van der Waals surface area contributed by atoms with Gasteiger partial charge in [-0.2, -0.15) is 5.10 Å². The average molecular weight is 142 g/mol.